The van der Waals surface area contributed by atoms with E-state index in [2.05, 4.69) is 22.0 Å². The lowest BCUT2D eigenvalue weighted by Gasteiger charge is -2.26. The van der Waals surface area contributed by atoms with Gasteiger partial charge in [-0.2, -0.15) is 0 Å². The predicted octanol–water partition coefficient (Wildman–Crippen LogP) is 2.31. The second-order valence-corrected chi connectivity index (χ2v) is 5.02. The van der Waals surface area contributed by atoms with Crippen LogP contribution in [0.5, 0.6) is 5.75 Å². The molecule has 7 heteroatoms. The largest absolute Gasteiger partial charge is 0.485 e. The number of nitrogens with zero attached hydrogens (tertiary/aromatic N) is 2. The molecule has 2 heterocycles. The number of carbonyl (C=O) groups is 1. The Morgan fingerprint density at radius 1 is 1.52 bits per heavy atom. The molecule has 1 amide bonds. The highest BCUT2D eigenvalue weighted by Crippen LogP contribution is 2.18. The maximum Gasteiger partial charge on any atom is 0.275 e. The van der Waals surface area contributed by atoms with Gasteiger partial charge >= 0.3 is 0 Å². The fraction of sp³-hybridized carbons (Fsp3) is 0.312. The Bertz CT molecular complexity index is 663. The first kappa shape index (κ1) is 16.8. The molecule has 0 bridgehead atoms. The van der Waals surface area contributed by atoms with Gasteiger partial charge in [-0.25, -0.2) is 14.4 Å². The monoisotopic (exact) mass is 319 g/mol. The van der Waals surface area contributed by atoms with Crippen molar-refractivity contribution in [3.8, 4) is 5.75 Å². The van der Waals surface area contributed by atoms with Gasteiger partial charge in [0.2, 0.25) is 0 Å². The molecule has 0 aliphatic carbocycles. The van der Waals surface area contributed by atoms with Crippen LogP contribution in [-0.2, 0) is 4.74 Å². The number of nitrogens with one attached hydrogen (secondary N) is 1. The standard InChI is InChI=1S/C16H18FN3O3/c1-10(17)4-5-15(18-3)20-16(21)14-7-12(6-11(2)19-14)23-13-8-22-9-13/h4-7,13H,3,8-9H2,1-2H3,(H,20,21)/b10-4+,15-5+. The van der Waals surface area contributed by atoms with E-state index >= 15 is 0 Å². The van der Waals surface area contributed by atoms with Gasteiger partial charge in [0.05, 0.1) is 19.0 Å². The molecule has 0 radical (unpaired) electrons. The highest BCUT2D eigenvalue weighted by Gasteiger charge is 2.21. The third kappa shape index (κ3) is 5.00. The molecular formula is C16H18FN3O3. The maximum absolute atomic E-state index is 12.7. The Morgan fingerprint density at radius 2 is 2.26 bits per heavy atom. The predicted molar refractivity (Wildman–Crippen MR) is 84.2 cm³/mol. The minimum absolute atomic E-state index is 0.00400. The number of carbonyl (C=O) groups excluding carboxylic acids is 1. The number of pyridine rings is 1. The summed E-state index contributed by atoms with van der Waals surface area (Å²) < 4.78 is 23.5. The van der Waals surface area contributed by atoms with Crippen molar-refractivity contribution in [3.05, 3.63) is 47.3 Å². The lowest BCUT2D eigenvalue weighted by atomic mass is 10.2. The zero-order chi connectivity index (χ0) is 16.8. The number of hydrogen-bond donors (Lipinski definition) is 1. The molecule has 2 rings (SSSR count). The fourth-order valence-corrected chi connectivity index (χ4v) is 1.80. The van der Waals surface area contributed by atoms with Crippen molar-refractivity contribution >= 4 is 12.6 Å². The van der Waals surface area contributed by atoms with Crippen LogP contribution >= 0.6 is 0 Å². The van der Waals surface area contributed by atoms with Crippen LogP contribution in [-0.4, -0.2) is 36.9 Å². The Hall–Kier alpha value is -2.54. The van der Waals surface area contributed by atoms with E-state index in [-0.39, 0.29) is 17.6 Å². The molecule has 1 aliphatic rings. The van der Waals surface area contributed by atoms with E-state index in [0.29, 0.717) is 24.7 Å². The van der Waals surface area contributed by atoms with Gasteiger partial charge in [-0.15, -0.1) is 0 Å². The maximum atomic E-state index is 12.7. The van der Waals surface area contributed by atoms with Gasteiger partial charge in [0.1, 0.15) is 23.4 Å². The molecule has 1 saturated heterocycles. The summed E-state index contributed by atoms with van der Waals surface area (Å²) in [6, 6.07) is 3.28. The number of halogens is 1. The van der Waals surface area contributed by atoms with Crippen molar-refractivity contribution in [2.75, 3.05) is 13.2 Å². The van der Waals surface area contributed by atoms with E-state index in [4.69, 9.17) is 9.47 Å². The summed E-state index contributed by atoms with van der Waals surface area (Å²) in [7, 11) is 0. The first-order valence-corrected chi connectivity index (χ1v) is 7.03. The number of hydrogen-bond acceptors (Lipinski definition) is 5. The van der Waals surface area contributed by atoms with Gasteiger partial charge in [0.15, 0.2) is 0 Å². The summed E-state index contributed by atoms with van der Waals surface area (Å²) in [5, 5.41) is 2.51. The number of amides is 1. The lowest BCUT2D eigenvalue weighted by molar-refractivity contribution is -0.0797. The summed E-state index contributed by atoms with van der Waals surface area (Å²) in [5.74, 6) is -0.211. The van der Waals surface area contributed by atoms with Crippen molar-refractivity contribution in [3.63, 3.8) is 0 Å². The summed E-state index contributed by atoms with van der Waals surface area (Å²) >= 11 is 0. The summed E-state index contributed by atoms with van der Waals surface area (Å²) in [6.07, 6.45) is 2.49. The average molecular weight is 319 g/mol. The molecule has 0 saturated carbocycles. The van der Waals surface area contributed by atoms with Crippen LogP contribution in [0.1, 0.15) is 23.1 Å². The highest BCUT2D eigenvalue weighted by molar-refractivity contribution is 5.93. The van der Waals surface area contributed by atoms with E-state index in [1.807, 2.05) is 0 Å². The molecule has 0 aromatic carbocycles. The van der Waals surface area contributed by atoms with E-state index in [1.54, 1.807) is 13.0 Å². The first-order chi connectivity index (χ1) is 11.0. The fourth-order valence-electron chi connectivity index (χ4n) is 1.80. The third-order valence-corrected chi connectivity index (χ3v) is 2.95. The topological polar surface area (TPSA) is 72.8 Å². The Balaban J connectivity index is 2.12. The minimum atomic E-state index is -0.480. The van der Waals surface area contributed by atoms with Crippen molar-refractivity contribution < 1.29 is 18.7 Å². The molecule has 0 atom stereocenters. The van der Waals surface area contributed by atoms with Gasteiger partial charge in [0.25, 0.3) is 5.91 Å². The molecule has 1 N–H and O–H groups in total. The number of rotatable bonds is 6. The molecule has 23 heavy (non-hydrogen) atoms. The van der Waals surface area contributed by atoms with E-state index < -0.39 is 11.7 Å². The van der Waals surface area contributed by atoms with Gasteiger partial charge < -0.3 is 14.8 Å². The second-order valence-electron chi connectivity index (χ2n) is 5.02. The molecule has 1 aromatic heterocycles. The van der Waals surface area contributed by atoms with Crippen molar-refractivity contribution in [2.24, 2.45) is 4.99 Å². The van der Waals surface area contributed by atoms with Crippen LogP contribution in [0.25, 0.3) is 0 Å². The van der Waals surface area contributed by atoms with Crippen LogP contribution in [0, 0.1) is 6.92 Å². The second kappa shape index (κ2) is 7.64. The number of ether oxygens (including phenoxy) is 2. The van der Waals surface area contributed by atoms with Crippen LogP contribution < -0.4 is 10.1 Å². The van der Waals surface area contributed by atoms with Gasteiger partial charge in [0, 0.05) is 17.8 Å². The minimum Gasteiger partial charge on any atom is -0.485 e. The van der Waals surface area contributed by atoms with Crippen LogP contribution in [0.4, 0.5) is 4.39 Å². The molecule has 0 unspecified atom stereocenters. The SMILES string of the molecule is C=N/C(=C\C=C(/C)F)NC(=O)c1cc(OC2COC2)cc(C)n1. The average Bonchev–Trinajstić information content (AvgIpc) is 2.46. The van der Waals surface area contributed by atoms with Crippen molar-refractivity contribution in [1.82, 2.24) is 10.3 Å². The Morgan fingerprint density at radius 3 is 2.83 bits per heavy atom. The van der Waals surface area contributed by atoms with Crippen LogP contribution in [0.15, 0.2) is 40.9 Å². The Kier molecular flexibility index (Phi) is 5.59. The molecule has 122 valence electrons. The molecule has 1 aromatic rings. The Labute approximate surface area is 133 Å². The van der Waals surface area contributed by atoms with E-state index in [1.165, 1.54) is 25.1 Å². The summed E-state index contributed by atoms with van der Waals surface area (Å²) in [6.45, 7) is 7.45. The van der Waals surface area contributed by atoms with E-state index in [9.17, 15) is 9.18 Å². The number of aliphatic imine (C=N–C) groups is 1. The summed E-state index contributed by atoms with van der Waals surface area (Å²) in [4.78, 5) is 20.0. The van der Waals surface area contributed by atoms with Gasteiger partial charge in [-0.1, -0.05) is 0 Å². The quantitative estimate of drug-likeness (QED) is 0.645. The number of aryl methyl sites for hydroxylation is 1. The van der Waals surface area contributed by atoms with Crippen molar-refractivity contribution in [2.45, 2.75) is 20.0 Å². The van der Waals surface area contributed by atoms with Gasteiger partial charge in [-0.3, -0.25) is 4.79 Å². The normalized spacial score (nSPS) is 15.8. The zero-order valence-electron chi connectivity index (χ0n) is 13.0. The molecule has 6 nitrogen and oxygen atoms in total. The zero-order valence-corrected chi connectivity index (χ0v) is 13.0. The molecule has 1 fully saturated rings. The number of allylic oxidation sites excluding steroid dienone is 3. The summed E-state index contributed by atoms with van der Waals surface area (Å²) in [5.41, 5.74) is 0.820. The molecule has 1 aliphatic heterocycles. The van der Waals surface area contributed by atoms with Crippen LogP contribution in [0.2, 0.25) is 0 Å². The van der Waals surface area contributed by atoms with Crippen LogP contribution in [0.3, 0.4) is 0 Å². The lowest BCUT2D eigenvalue weighted by Crippen LogP contribution is -2.38. The number of aromatic nitrogens is 1. The highest BCUT2D eigenvalue weighted by atomic mass is 19.1. The molecule has 0 spiro atoms. The first-order valence-electron chi connectivity index (χ1n) is 7.03. The smallest absolute Gasteiger partial charge is 0.275 e. The van der Waals surface area contributed by atoms with Gasteiger partial charge in [-0.05, 0) is 32.7 Å². The molecular weight excluding hydrogens is 301 g/mol. The van der Waals surface area contributed by atoms with E-state index in [0.717, 1.165) is 0 Å². The van der Waals surface area contributed by atoms with Crippen molar-refractivity contribution in [1.29, 1.82) is 0 Å². The third-order valence-electron chi connectivity index (χ3n) is 2.95.